The minimum Gasteiger partial charge on any atom is -0.368 e. The molecular weight excluding hydrogens is 144 g/mol. The van der Waals surface area contributed by atoms with E-state index in [9.17, 15) is 4.79 Å². The fourth-order valence-corrected chi connectivity index (χ4v) is 0.284. The summed E-state index contributed by atoms with van der Waals surface area (Å²) in [4.78, 5) is 14.7. The highest BCUT2D eigenvalue weighted by molar-refractivity contribution is 5.85. The maximum atomic E-state index is 10.1. The van der Waals surface area contributed by atoms with Crippen LogP contribution in [-0.4, -0.2) is 31.7 Å². The number of hydrogen-bond acceptors (Lipinski definition) is 3. The fourth-order valence-electron chi connectivity index (χ4n) is 0.284. The Morgan fingerprint density at radius 3 is 2.33 bits per heavy atom. The van der Waals surface area contributed by atoms with Gasteiger partial charge in [-0.2, -0.15) is 5.06 Å². The molecule has 0 aliphatic carbocycles. The van der Waals surface area contributed by atoms with Gasteiger partial charge in [0.25, 0.3) is 0 Å². The summed E-state index contributed by atoms with van der Waals surface area (Å²) in [6.07, 6.45) is 0. The van der Waals surface area contributed by atoms with E-state index >= 15 is 0 Å². The Kier molecular flexibility index (Phi) is 7.41. The van der Waals surface area contributed by atoms with Crippen LogP contribution in [-0.2, 0) is 9.63 Å². The summed E-state index contributed by atoms with van der Waals surface area (Å²) in [6.45, 7) is 0.135. The fraction of sp³-hybridized carbons (Fsp3) is 0.750. The first kappa shape index (κ1) is 11.5. The summed E-state index contributed by atoms with van der Waals surface area (Å²) in [5.74, 6) is -0.394. The zero-order valence-corrected chi connectivity index (χ0v) is 6.27. The van der Waals surface area contributed by atoms with Crippen LogP contribution in [0.25, 0.3) is 0 Å². The standard InChI is InChI=1S/C4H10N2O2.ClH/c1-6(8-2)3-4(5)7;/h3H2,1-2H3,(H2,5,7);1H. The average Bonchev–Trinajstić information content (AvgIpc) is 1.65. The Bertz CT molecular complexity index is 88.6. The monoisotopic (exact) mass is 154 g/mol. The number of hydroxylamine groups is 2. The number of nitrogens with zero attached hydrogens (tertiary/aromatic N) is 1. The summed E-state index contributed by atoms with van der Waals surface area (Å²) in [5.41, 5.74) is 4.81. The highest BCUT2D eigenvalue weighted by Crippen LogP contribution is 1.76. The first-order valence-electron chi connectivity index (χ1n) is 2.20. The van der Waals surface area contributed by atoms with Crippen molar-refractivity contribution >= 4 is 18.3 Å². The minimum absolute atomic E-state index is 0. The molecule has 0 aromatic carbocycles. The lowest BCUT2D eigenvalue weighted by atomic mass is 10.6. The van der Waals surface area contributed by atoms with Gasteiger partial charge in [-0.25, -0.2) is 0 Å². The molecule has 0 heterocycles. The Labute approximate surface area is 60.3 Å². The van der Waals surface area contributed by atoms with E-state index in [4.69, 9.17) is 5.73 Å². The molecule has 0 saturated heterocycles. The second-order valence-electron chi connectivity index (χ2n) is 1.43. The molecule has 0 unspecified atom stereocenters. The first-order valence-corrected chi connectivity index (χ1v) is 2.20. The topological polar surface area (TPSA) is 55.6 Å². The number of nitrogens with two attached hydrogens (primary N) is 1. The van der Waals surface area contributed by atoms with E-state index in [-0.39, 0.29) is 19.0 Å². The Balaban J connectivity index is 0. The van der Waals surface area contributed by atoms with E-state index in [1.54, 1.807) is 7.05 Å². The summed E-state index contributed by atoms with van der Waals surface area (Å²) in [5, 5.41) is 1.35. The molecule has 0 fully saturated rings. The van der Waals surface area contributed by atoms with Crippen LogP contribution in [0.2, 0.25) is 0 Å². The molecule has 0 rings (SSSR count). The average molecular weight is 155 g/mol. The third-order valence-electron chi connectivity index (χ3n) is 0.690. The summed E-state index contributed by atoms with van der Waals surface area (Å²) in [6, 6.07) is 0. The van der Waals surface area contributed by atoms with Crippen LogP contribution >= 0.6 is 12.4 Å². The van der Waals surface area contributed by atoms with Crippen molar-refractivity contribution in [2.24, 2.45) is 5.73 Å². The maximum Gasteiger partial charge on any atom is 0.234 e. The SMILES string of the molecule is CON(C)CC(N)=O.Cl. The molecule has 0 radical (unpaired) electrons. The van der Waals surface area contributed by atoms with Gasteiger partial charge in [0, 0.05) is 7.05 Å². The van der Waals surface area contributed by atoms with Crippen LogP contribution in [0.5, 0.6) is 0 Å². The number of halogens is 1. The lowest BCUT2D eigenvalue weighted by molar-refractivity contribution is -0.139. The Morgan fingerprint density at radius 2 is 2.22 bits per heavy atom. The number of likely N-dealkylation sites (N-methyl/N-ethyl adjacent to an activating group) is 1. The van der Waals surface area contributed by atoms with Crippen LogP contribution in [0.4, 0.5) is 0 Å². The third kappa shape index (κ3) is 7.68. The van der Waals surface area contributed by atoms with Crippen molar-refractivity contribution < 1.29 is 9.63 Å². The maximum absolute atomic E-state index is 10.1. The van der Waals surface area contributed by atoms with Crippen LogP contribution in [0.1, 0.15) is 0 Å². The molecule has 4 nitrogen and oxygen atoms in total. The second kappa shape index (κ2) is 5.81. The van der Waals surface area contributed by atoms with Crippen LogP contribution in [0.15, 0.2) is 0 Å². The summed E-state index contributed by atoms with van der Waals surface area (Å²) in [7, 11) is 3.10. The van der Waals surface area contributed by atoms with Crippen molar-refractivity contribution in [2.45, 2.75) is 0 Å². The van der Waals surface area contributed by atoms with Gasteiger partial charge in [-0.1, -0.05) is 0 Å². The van der Waals surface area contributed by atoms with Crippen molar-refractivity contribution in [3.05, 3.63) is 0 Å². The molecule has 5 heteroatoms. The van der Waals surface area contributed by atoms with Crippen molar-refractivity contribution in [2.75, 3.05) is 20.7 Å². The number of carbonyl (C=O) groups excluding carboxylic acids is 1. The number of carbonyl (C=O) groups is 1. The second-order valence-corrected chi connectivity index (χ2v) is 1.43. The molecule has 2 N–H and O–H groups in total. The highest BCUT2D eigenvalue weighted by Gasteiger charge is 1.97. The molecule has 0 aromatic heterocycles. The lowest BCUT2D eigenvalue weighted by Gasteiger charge is -2.08. The quantitative estimate of drug-likeness (QED) is 0.552. The predicted molar refractivity (Wildman–Crippen MR) is 36.1 cm³/mol. The van der Waals surface area contributed by atoms with Gasteiger partial charge in [0.05, 0.1) is 7.11 Å². The predicted octanol–water partition coefficient (Wildman–Crippen LogP) is -0.613. The molecule has 0 aliphatic rings. The molecule has 0 spiro atoms. The van der Waals surface area contributed by atoms with Gasteiger partial charge in [0.2, 0.25) is 5.91 Å². The van der Waals surface area contributed by atoms with Gasteiger partial charge in [-0.05, 0) is 0 Å². The van der Waals surface area contributed by atoms with Crippen LogP contribution in [0.3, 0.4) is 0 Å². The Morgan fingerprint density at radius 1 is 1.78 bits per heavy atom. The van der Waals surface area contributed by atoms with Gasteiger partial charge in [0.1, 0.15) is 6.54 Å². The number of rotatable bonds is 3. The zero-order chi connectivity index (χ0) is 6.57. The summed E-state index contributed by atoms with van der Waals surface area (Å²) >= 11 is 0. The normalized spacial score (nSPS) is 8.78. The van der Waals surface area contributed by atoms with E-state index < -0.39 is 5.91 Å². The number of primary amides is 1. The van der Waals surface area contributed by atoms with Crippen LogP contribution < -0.4 is 5.73 Å². The van der Waals surface area contributed by atoms with Gasteiger partial charge in [-0.15, -0.1) is 12.4 Å². The van der Waals surface area contributed by atoms with E-state index in [1.807, 2.05) is 0 Å². The van der Waals surface area contributed by atoms with Gasteiger partial charge < -0.3 is 10.6 Å². The van der Waals surface area contributed by atoms with E-state index in [0.717, 1.165) is 0 Å². The van der Waals surface area contributed by atoms with E-state index in [0.29, 0.717) is 0 Å². The van der Waals surface area contributed by atoms with Gasteiger partial charge in [-0.3, -0.25) is 4.79 Å². The Hall–Kier alpha value is -0.320. The molecular formula is C4H11ClN2O2. The van der Waals surface area contributed by atoms with Crippen molar-refractivity contribution in [3.63, 3.8) is 0 Å². The van der Waals surface area contributed by atoms with Gasteiger partial charge >= 0.3 is 0 Å². The largest absolute Gasteiger partial charge is 0.368 e. The smallest absolute Gasteiger partial charge is 0.234 e. The molecule has 0 aromatic rings. The van der Waals surface area contributed by atoms with Crippen molar-refractivity contribution in [3.8, 4) is 0 Å². The molecule has 1 amide bonds. The molecule has 56 valence electrons. The molecule has 9 heavy (non-hydrogen) atoms. The molecule has 0 aliphatic heterocycles. The number of amides is 1. The lowest BCUT2D eigenvalue weighted by Crippen LogP contribution is -2.29. The van der Waals surface area contributed by atoms with E-state index in [1.165, 1.54) is 12.2 Å². The zero-order valence-electron chi connectivity index (χ0n) is 5.46. The summed E-state index contributed by atoms with van der Waals surface area (Å²) < 4.78 is 0. The first-order chi connectivity index (χ1) is 3.66. The minimum atomic E-state index is -0.394. The third-order valence-corrected chi connectivity index (χ3v) is 0.690. The number of hydrogen-bond donors (Lipinski definition) is 1. The molecule has 0 saturated carbocycles. The van der Waals surface area contributed by atoms with Crippen LogP contribution in [0, 0.1) is 0 Å². The van der Waals surface area contributed by atoms with Crippen molar-refractivity contribution in [1.82, 2.24) is 5.06 Å². The highest BCUT2D eigenvalue weighted by atomic mass is 35.5. The molecule has 0 bridgehead atoms. The molecule has 0 atom stereocenters. The van der Waals surface area contributed by atoms with Gasteiger partial charge in [0.15, 0.2) is 0 Å². The van der Waals surface area contributed by atoms with Crippen molar-refractivity contribution in [1.29, 1.82) is 0 Å². The van der Waals surface area contributed by atoms with E-state index in [2.05, 4.69) is 4.84 Å².